The van der Waals surface area contributed by atoms with Crippen molar-refractivity contribution in [1.82, 2.24) is 5.32 Å². The first-order valence-corrected chi connectivity index (χ1v) is 6.44. The third kappa shape index (κ3) is 3.62. The van der Waals surface area contributed by atoms with Crippen LogP contribution in [0.1, 0.15) is 32.6 Å². The first-order chi connectivity index (χ1) is 9.07. The van der Waals surface area contributed by atoms with Gasteiger partial charge in [0.2, 0.25) is 5.91 Å². The first-order valence-electron chi connectivity index (χ1n) is 6.44. The smallest absolute Gasteiger partial charge is 0.415 e. The number of amides is 1. The molecule has 20 heavy (non-hydrogen) atoms. The zero-order valence-electron chi connectivity index (χ0n) is 11.2. The van der Waals surface area contributed by atoms with Crippen LogP contribution in [0, 0.1) is 11.8 Å². The van der Waals surface area contributed by atoms with Gasteiger partial charge in [-0.05, 0) is 25.7 Å². The molecule has 1 aliphatic rings. The summed E-state index contributed by atoms with van der Waals surface area (Å²) in [4.78, 5) is 22.6. The third-order valence-corrected chi connectivity index (χ3v) is 3.81. The molecule has 0 bridgehead atoms. The fourth-order valence-electron chi connectivity index (χ4n) is 2.31. The SMILES string of the molecule is CC(N)(C(=O)NCC1CCCCC1C(=O)O)C(F)(F)F. The fraction of sp³-hybridized carbons (Fsp3) is 0.833. The number of halogens is 3. The number of carbonyl (C=O) groups is 2. The van der Waals surface area contributed by atoms with Gasteiger partial charge in [-0.3, -0.25) is 9.59 Å². The Morgan fingerprint density at radius 2 is 1.85 bits per heavy atom. The number of hydrogen-bond acceptors (Lipinski definition) is 3. The van der Waals surface area contributed by atoms with Crippen molar-refractivity contribution in [3.63, 3.8) is 0 Å². The van der Waals surface area contributed by atoms with Crippen molar-refractivity contribution in [2.45, 2.75) is 44.3 Å². The molecule has 0 spiro atoms. The summed E-state index contributed by atoms with van der Waals surface area (Å²) in [5.41, 5.74) is 2.02. The normalized spacial score (nSPS) is 26.6. The maximum Gasteiger partial charge on any atom is 0.415 e. The molecule has 1 amide bonds. The summed E-state index contributed by atoms with van der Waals surface area (Å²) in [7, 11) is 0. The van der Waals surface area contributed by atoms with E-state index in [0.717, 1.165) is 12.8 Å². The van der Waals surface area contributed by atoms with E-state index in [1.807, 2.05) is 0 Å². The lowest BCUT2D eigenvalue weighted by Gasteiger charge is -2.31. The number of hydrogen-bond donors (Lipinski definition) is 3. The number of carboxylic acid groups (broad SMARTS) is 1. The van der Waals surface area contributed by atoms with Crippen molar-refractivity contribution in [1.29, 1.82) is 0 Å². The maximum atomic E-state index is 12.6. The molecule has 5 nitrogen and oxygen atoms in total. The Hall–Kier alpha value is -1.31. The third-order valence-electron chi connectivity index (χ3n) is 3.81. The van der Waals surface area contributed by atoms with Crippen LogP contribution in [0.25, 0.3) is 0 Å². The van der Waals surface area contributed by atoms with Gasteiger partial charge >= 0.3 is 12.1 Å². The second-order valence-corrected chi connectivity index (χ2v) is 5.40. The van der Waals surface area contributed by atoms with Gasteiger partial charge in [0.1, 0.15) is 0 Å². The molecule has 0 aromatic carbocycles. The predicted octanol–water partition coefficient (Wildman–Crippen LogP) is 1.27. The molecule has 116 valence electrons. The fourth-order valence-corrected chi connectivity index (χ4v) is 2.31. The minimum atomic E-state index is -4.85. The Balaban J connectivity index is 2.62. The second-order valence-electron chi connectivity index (χ2n) is 5.40. The topological polar surface area (TPSA) is 92.4 Å². The molecular weight excluding hydrogens is 277 g/mol. The van der Waals surface area contributed by atoms with E-state index in [0.29, 0.717) is 19.8 Å². The Bertz CT molecular complexity index is 383. The van der Waals surface area contributed by atoms with E-state index in [2.05, 4.69) is 5.32 Å². The molecule has 1 rings (SSSR count). The van der Waals surface area contributed by atoms with Crippen molar-refractivity contribution in [2.75, 3.05) is 6.54 Å². The molecular formula is C12H19F3N2O3. The van der Waals surface area contributed by atoms with E-state index in [9.17, 15) is 22.8 Å². The highest BCUT2D eigenvalue weighted by Crippen LogP contribution is 2.31. The molecule has 0 aliphatic heterocycles. The van der Waals surface area contributed by atoms with Crippen LogP contribution in [-0.4, -0.2) is 35.2 Å². The Kier molecular flexibility index (Phi) is 5.01. The highest BCUT2D eigenvalue weighted by Gasteiger charge is 2.54. The summed E-state index contributed by atoms with van der Waals surface area (Å²) in [6, 6.07) is 0. The van der Waals surface area contributed by atoms with E-state index in [-0.39, 0.29) is 12.5 Å². The molecule has 3 unspecified atom stereocenters. The molecule has 4 N–H and O–H groups in total. The molecule has 0 aromatic rings. The van der Waals surface area contributed by atoms with Gasteiger partial charge in [-0.15, -0.1) is 0 Å². The van der Waals surface area contributed by atoms with Crippen molar-refractivity contribution in [2.24, 2.45) is 17.6 Å². The number of nitrogens with two attached hydrogens (primary N) is 1. The van der Waals surface area contributed by atoms with Crippen LogP contribution in [0.3, 0.4) is 0 Å². The minimum absolute atomic E-state index is 0.0985. The first kappa shape index (κ1) is 16.7. The van der Waals surface area contributed by atoms with Gasteiger partial charge < -0.3 is 16.2 Å². The number of alkyl halides is 3. The lowest BCUT2D eigenvalue weighted by molar-refractivity contribution is -0.187. The van der Waals surface area contributed by atoms with Gasteiger partial charge in [-0.25, -0.2) is 0 Å². The lowest BCUT2D eigenvalue weighted by Crippen LogP contribution is -2.62. The van der Waals surface area contributed by atoms with Crippen molar-refractivity contribution in [3.8, 4) is 0 Å². The predicted molar refractivity (Wildman–Crippen MR) is 64.7 cm³/mol. The molecule has 8 heteroatoms. The van der Waals surface area contributed by atoms with Crippen LogP contribution < -0.4 is 11.1 Å². The average molecular weight is 296 g/mol. The van der Waals surface area contributed by atoms with Gasteiger partial charge in [-0.2, -0.15) is 13.2 Å². The van der Waals surface area contributed by atoms with Gasteiger partial charge in [0.05, 0.1) is 5.92 Å². The van der Waals surface area contributed by atoms with Crippen LogP contribution in [-0.2, 0) is 9.59 Å². The zero-order chi connectivity index (χ0) is 15.6. The van der Waals surface area contributed by atoms with Crippen molar-refractivity contribution < 1.29 is 27.9 Å². The molecule has 1 saturated carbocycles. The molecule has 1 aliphatic carbocycles. The number of aliphatic carboxylic acids is 1. The van der Waals surface area contributed by atoms with Crippen LogP contribution in [0.5, 0.6) is 0 Å². The van der Waals surface area contributed by atoms with Crippen LogP contribution in [0.2, 0.25) is 0 Å². The largest absolute Gasteiger partial charge is 0.481 e. The highest BCUT2D eigenvalue weighted by molar-refractivity contribution is 5.86. The van der Waals surface area contributed by atoms with Crippen molar-refractivity contribution >= 4 is 11.9 Å². The molecule has 0 aromatic heterocycles. The highest BCUT2D eigenvalue weighted by atomic mass is 19.4. The second kappa shape index (κ2) is 5.99. The Labute approximate surface area is 114 Å². The minimum Gasteiger partial charge on any atom is -0.481 e. The van der Waals surface area contributed by atoms with Crippen LogP contribution in [0.15, 0.2) is 0 Å². The number of rotatable bonds is 4. The molecule has 0 heterocycles. The van der Waals surface area contributed by atoms with Gasteiger partial charge in [0.25, 0.3) is 0 Å². The monoisotopic (exact) mass is 296 g/mol. The summed E-state index contributed by atoms with van der Waals surface area (Å²) in [5.74, 6) is -3.29. The standard InChI is InChI=1S/C12H19F3N2O3/c1-11(16,12(13,14)15)10(20)17-6-7-4-2-3-5-8(7)9(18)19/h7-8H,2-6,16H2,1H3,(H,17,20)(H,18,19). The van der Waals surface area contributed by atoms with E-state index in [4.69, 9.17) is 10.8 Å². The summed E-state index contributed by atoms with van der Waals surface area (Å²) in [6.07, 6.45) is -2.21. The Morgan fingerprint density at radius 3 is 2.35 bits per heavy atom. The summed E-state index contributed by atoms with van der Waals surface area (Å²) < 4.78 is 37.7. The lowest BCUT2D eigenvalue weighted by atomic mass is 9.79. The number of carbonyl (C=O) groups excluding carboxylic acids is 1. The van der Waals surface area contributed by atoms with Gasteiger partial charge in [0, 0.05) is 6.54 Å². The molecule has 3 atom stereocenters. The molecule has 0 saturated heterocycles. The summed E-state index contributed by atoms with van der Waals surface area (Å²) in [6.45, 7) is 0.497. The van der Waals surface area contributed by atoms with E-state index in [1.54, 1.807) is 0 Å². The van der Waals surface area contributed by atoms with E-state index >= 15 is 0 Å². The van der Waals surface area contributed by atoms with Gasteiger partial charge in [0.15, 0.2) is 5.54 Å². The zero-order valence-corrected chi connectivity index (χ0v) is 11.2. The number of nitrogens with one attached hydrogen (secondary N) is 1. The quantitative estimate of drug-likeness (QED) is 0.728. The summed E-state index contributed by atoms with van der Waals surface area (Å²) >= 11 is 0. The molecule has 1 fully saturated rings. The van der Waals surface area contributed by atoms with Gasteiger partial charge in [-0.1, -0.05) is 12.8 Å². The van der Waals surface area contributed by atoms with Crippen LogP contribution >= 0.6 is 0 Å². The van der Waals surface area contributed by atoms with Crippen molar-refractivity contribution in [3.05, 3.63) is 0 Å². The van der Waals surface area contributed by atoms with E-state index < -0.39 is 29.5 Å². The number of carboxylic acids is 1. The average Bonchev–Trinajstić information content (AvgIpc) is 2.34. The van der Waals surface area contributed by atoms with E-state index in [1.165, 1.54) is 0 Å². The summed E-state index contributed by atoms with van der Waals surface area (Å²) in [5, 5.41) is 11.2. The van der Waals surface area contributed by atoms with Crippen LogP contribution in [0.4, 0.5) is 13.2 Å². The Morgan fingerprint density at radius 1 is 1.30 bits per heavy atom. The molecule has 0 radical (unpaired) electrons. The maximum absolute atomic E-state index is 12.6.